The fourth-order valence-corrected chi connectivity index (χ4v) is 2.95. The molecule has 0 saturated carbocycles. The van der Waals surface area contributed by atoms with Crippen LogP contribution in [0.4, 0.5) is 0 Å². The van der Waals surface area contributed by atoms with Gasteiger partial charge in [-0.1, -0.05) is 55.0 Å². The minimum absolute atomic E-state index is 0.155. The second-order valence-electron chi connectivity index (χ2n) is 5.78. The second kappa shape index (κ2) is 7.25. The average molecular weight is 306 g/mol. The molecule has 0 unspecified atom stereocenters. The van der Waals surface area contributed by atoms with Crippen molar-refractivity contribution >= 4 is 16.8 Å². The van der Waals surface area contributed by atoms with Crippen LogP contribution in [0, 0.1) is 0 Å². The molecule has 0 saturated heterocycles. The number of para-hydroxylation sites is 1. The summed E-state index contributed by atoms with van der Waals surface area (Å²) in [6, 6.07) is 20.3. The molecule has 2 N–H and O–H groups in total. The van der Waals surface area contributed by atoms with Crippen molar-refractivity contribution in [3.8, 4) is 11.3 Å². The monoisotopic (exact) mass is 306 g/mol. The number of nitrogens with zero attached hydrogens (tertiary/aromatic N) is 1. The van der Waals surface area contributed by atoms with Crippen molar-refractivity contribution in [3.63, 3.8) is 0 Å². The summed E-state index contributed by atoms with van der Waals surface area (Å²) in [6.07, 6.45) is 3.42. The number of nitrogens with two attached hydrogens (primary N) is 1. The lowest BCUT2D eigenvalue weighted by atomic mass is 10.1. The van der Waals surface area contributed by atoms with Crippen LogP contribution in [0.2, 0.25) is 0 Å². The summed E-state index contributed by atoms with van der Waals surface area (Å²) in [7, 11) is 0. The molecule has 3 aromatic rings. The van der Waals surface area contributed by atoms with E-state index in [9.17, 15) is 4.79 Å². The van der Waals surface area contributed by atoms with Gasteiger partial charge in [-0.2, -0.15) is 0 Å². The predicted molar refractivity (Wildman–Crippen MR) is 95.5 cm³/mol. The molecule has 0 fully saturated rings. The molecule has 0 aliphatic carbocycles. The fraction of sp³-hybridized carbons (Fsp3) is 0.250. The first-order valence-corrected chi connectivity index (χ1v) is 8.20. The SMILES string of the molecule is NCCCCCC(=O)n1c(-c2ccccc2)cc2ccccc21. The van der Waals surface area contributed by atoms with Crippen LogP contribution < -0.4 is 5.73 Å². The zero-order chi connectivity index (χ0) is 16.1. The molecule has 0 aliphatic rings. The number of benzene rings is 2. The third-order valence-corrected chi connectivity index (χ3v) is 4.12. The van der Waals surface area contributed by atoms with Crippen molar-refractivity contribution in [2.75, 3.05) is 6.54 Å². The van der Waals surface area contributed by atoms with Gasteiger partial charge < -0.3 is 5.73 Å². The third kappa shape index (κ3) is 3.35. The fourth-order valence-electron chi connectivity index (χ4n) is 2.95. The second-order valence-corrected chi connectivity index (χ2v) is 5.78. The van der Waals surface area contributed by atoms with Gasteiger partial charge in [-0.25, -0.2) is 0 Å². The molecule has 0 atom stereocenters. The zero-order valence-corrected chi connectivity index (χ0v) is 13.2. The van der Waals surface area contributed by atoms with Gasteiger partial charge in [0.25, 0.3) is 0 Å². The molecule has 3 rings (SSSR count). The van der Waals surface area contributed by atoms with Crippen LogP contribution in [0.5, 0.6) is 0 Å². The van der Waals surface area contributed by atoms with Crippen LogP contribution >= 0.6 is 0 Å². The maximum atomic E-state index is 12.8. The third-order valence-electron chi connectivity index (χ3n) is 4.12. The van der Waals surface area contributed by atoms with Crippen molar-refractivity contribution in [3.05, 3.63) is 60.7 Å². The summed E-state index contributed by atoms with van der Waals surface area (Å²) < 4.78 is 1.87. The minimum atomic E-state index is 0.155. The number of unbranched alkanes of at least 4 members (excludes halogenated alkanes) is 2. The van der Waals surface area contributed by atoms with Crippen LogP contribution in [0.25, 0.3) is 22.2 Å². The van der Waals surface area contributed by atoms with Crippen LogP contribution in [0.1, 0.15) is 30.5 Å². The first kappa shape index (κ1) is 15.5. The zero-order valence-electron chi connectivity index (χ0n) is 13.2. The maximum absolute atomic E-state index is 12.8. The van der Waals surface area contributed by atoms with E-state index in [-0.39, 0.29) is 5.91 Å². The smallest absolute Gasteiger partial charge is 0.231 e. The van der Waals surface area contributed by atoms with E-state index in [2.05, 4.69) is 12.1 Å². The Bertz CT molecular complexity index is 790. The highest BCUT2D eigenvalue weighted by molar-refractivity contribution is 5.98. The van der Waals surface area contributed by atoms with Gasteiger partial charge >= 0.3 is 0 Å². The summed E-state index contributed by atoms with van der Waals surface area (Å²) in [6.45, 7) is 0.690. The Morgan fingerprint density at radius 1 is 0.913 bits per heavy atom. The molecule has 23 heavy (non-hydrogen) atoms. The molecular weight excluding hydrogens is 284 g/mol. The Labute approximate surface area is 136 Å². The molecule has 118 valence electrons. The van der Waals surface area contributed by atoms with Gasteiger partial charge in [-0.15, -0.1) is 0 Å². The van der Waals surface area contributed by atoms with E-state index < -0.39 is 0 Å². The lowest BCUT2D eigenvalue weighted by molar-refractivity contribution is 0.0906. The van der Waals surface area contributed by atoms with Gasteiger partial charge in [0.2, 0.25) is 5.91 Å². The molecule has 0 bridgehead atoms. The van der Waals surface area contributed by atoms with Gasteiger partial charge in [-0.3, -0.25) is 9.36 Å². The Balaban J connectivity index is 1.98. The predicted octanol–water partition coefficient (Wildman–Crippen LogP) is 4.47. The van der Waals surface area contributed by atoms with Crippen molar-refractivity contribution < 1.29 is 4.79 Å². The van der Waals surface area contributed by atoms with E-state index >= 15 is 0 Å². The number of hydrogen-bond donors (Lipinski definition) is 1. The molecule has 3 nitrogen and oxygen atoms in total. The van der Waals surface area contributed by atoms with Crippen LogP contribution in [-0.4, -0.2) is 17.0 Å². The van der Waals surface area contributed by atoms with E-state index in [4.69, 9.17) is 5.73 Å². The number of carbonyl (C=O) groups excluding carboxylic acids is 1. The normalized spacial score (nSPS) is 11.0. The summed E-state index contributed by atoms with van der Waals surface area (Å²) in [5, 5.41) is 1.10. The van der Waals surface area contributed by atoms with E-state index in [0.29, 0.717) is 13.0 Å². The van der Waals surface area contributed by atoms with E-state index in [0.717, 1.165) is 41.4 Å². The Morgan fingerprint density at radius 2 is 1.65 bits per heavy atom. The van der Waals surface area contributed by atoms with Gasteiger partial charge in [0.1, 0.15) is 0 Å². The van der Waals surface area contributed by atoms with Crippen molar-refractivity contribution in [2.24, 2.45) is 5.73 Å². The Hall–Kier alpha value is -2.39. The van der Waals surface area contributed by atoms with Crippen LogP contribution in [-0.2, 0) is 0 Å². The first-order valence-electron chi connectivity index (χ1n) is 8.20. The molecule has 0 spiro atoms. The lowest BCUT2D eigenvalue weighted by Crippen LogP contribution is -2.11. The highest BCUT2D eigenvalue weighted by atomic mass is 16.2. The topological polar surface area (TPSA) is 48.0 Å². The Kier molecular flexibility index (Phi) is 4.89. The number of fused-ring (bicyclic) bond motifs is 1. The van der Waals surface area contributed by atoms with Crippen LogP contribution in [0.15, 0.2) is 60.7 Å². The van der Waals surface area contributed by atoms with Gasteiger partial charge in [0.15, 0.2) is 0 Å². The van der Waals surface area contributed by atoms with E-state index in [1.165, 1.54) is 0 Å². The molecule has 0 radical (unpaired) electrons. The molecule has 0 aliphatic heterocycles. The summed E-state index contributed by atoms with van der Waals surface area (Å²) in [5.74, 6) is 0.155. The number of rotatable bonds is 6. The van der Waals surface area contributed by atoms with E-state index in [1.54, 1.807) is 0 Å². The van der Waals surface area contributed by atoms with Crippen LogP contribution in [0.3, 0.4) is 0 Å². The lowest BCUT2D eigenvalue weighted by Gasteiger charge is -2.09. The maximum Gasteiger partial charge on any atom is 0.231 e. The first-order chi connectivity index (χ1) is 11.3. The molecule has 0 amide bonds. The quantitative estimate of drug-likeness (QED) is 0.683. The number of hydrogen-bond acceptors (Lipinski definition) is 2. The molecule has 3 heteroatoms. The highest BCUT2D eigenvalue weighted by Crippen LogP contribution is 2.28. The largest absolute Gasteiger partial charge is 0.330 e. The van der Waals surface area contributed by atoms with E-state index in [1.807, 2.05) is 53.1 Å². The number of carbonyl (C=O) groups is 1. The van der Waals surface area contributed by atoms with Crippen molar-refractivity contribution in [2.45, 2.75) is 25.7 Å². The summed E-state index contributed by atoms with van der Waals surface area (Å²) in [5.41, 5.74) is 8.54. The molecule has 1 aromatic heterocycles. The van der Waals surface area contributed by atoms with Gasteiger partial charge in [-0.05, 0) is 37.1 Å². The van der Waals surface area contributed by atoms with Gasteiger partial charge in [0, 0.05) is 11.8 Å². The van der Waals surface area contributed by atoms with Gasteiger partial charge in [0.05, 0.1) is 11.2 Å². The average Bonchev–Trinajstić information content (AvgIpc) is 2.99. The molecular formula is C20H22N2O. The summed E-state index contributed by atoms with van der Waals surface area (Å²) in [4.78, 5) is 12.8. The van der Waals surface area contributed by atoms with Crippen molar-refractivity contribution in [1.82, 2.24) is 4.57 Å². The summed E-state index contributed by atoms with van der Waals surface area (Å²) >= 11 is 0. The standard InChI is InChI=1S/C20H22N2O/c21-14-8-2-5-13-20(23)22-18-12-7-6-11-17(18)15-19(22)16-9-3-1-4-10-16/h1,3-4,6-7,9-12,15H,2,5,8,13-14,21H2. The minimum Gasteiger partial charge on any atom is -0.330 e. The number of aromatic nitrogens is 1. The molecule has 2 aromatic carbocycles. The van der Waals surface area contributed by atoms with Crippen molar-refractivity contribution in [1.29, 1.82) is 0 Å². The highest BCUT2D eigenvalue weighted by Gasteiger charge is 2.15. The molecule has 1 heterocycles. The Morgan fingerprint density at radius 3 is 2.43 bits per heavy atom.